The molecule has 6 nitrogen and oxygen atoms in total. The number of nitrogens with one attached hydrogen (secondary N) is 1. The predicted molar refractivity (Wildman–Crippen MR) is 112 cm³/mol. The minimum absolute atomic E-state index is 0.0541. The lowest BCUT2D eigenvalue weighted by Gasteiger charge is -2.39. The van der Waals surface area contributed by atoms with Crippen LogP contribution in [0.15, 0.2) is 46.8 Å². The van der Waals surface area contributed by atoms with E-state index in [4.69, 9.17) is 5.73 Å². The molecule has 1 amide bonds. The number of unbranched alkanes of at least 4 members (excludes halogenated alkanes) is 1. The van der Waals surface area contributed by atoms with Crippen molar-refractivity contribution >= 4 is 23.5 Å². The number of ether oxygens (including phenoxy) is 1. The van der Waals surface area contributed by atoms with Crippen LogP contribution in [-0.2, 0) is 16.1 Å². The number of ketones is 1. The quantitative estimate of drug-likeness (QED) is 0.467. The van der Waals surface area contributed by atoms with Gasteiger partial charge in [-0.25, -0.2) is 4.39 Å². The SMILES string of the molecule is CCCCNC(=O)C1=CN(Cc2ccc(OC(F)(F)F)cc2)C2C(=O)[C@@H](N)CSC2=C1F. The van der Waals surface area contributed by atoms with Gasteiger partial charge in [-0.1, -0.05) is 25.5 Å². The van der Waals surface area contributed by atoms with Gasteiger partial charge in [0.2, 0.25) is 0 Å². The zero-order valence-corrected chi connectivity index (χ0v) is 18.1. The number of hydrogen-bond acceptors (Lipinski definition) is 6. The minimum atomic E-state index is -4.81. The van der Waals surface area contributed by atoms with Crippen molar-refractivity contribution in [2.24, 2.45) is 5.73 Å². The third-order valence-corrected chi connectivity index (χ3v) is 6.20. The molecule has 3 N–H and O–H groups in total. The highest BCUT2D eigenvalue weighted by Gasteiger charge is 2.42. The smallest absolute Gasteiger partial charge is 0.406 e. The van der Waals surface area contributed by atoms with E-state index in [1.807, 2.05) is 6.92 Å². The Balaban J connectivity index is 1.87. The van der Waals surface area contributed by atoms with E-state index in [9.17, 15) is 22.8 Å². The number of fused-ring (bicyclic) bond motifs is 1. The van der Waals surface area contributed by atoms with Gasteiger partial charge in [0.25, 0.3) is 5.91 Å². The molecule has 1 saturated heterocycles. The van der Waals surface area contributed by atoms with Gasteiger partial charge in [-0.05, 0) is 24.1 Å². The highest BCUT2D eigenvalue weighted by atomic mass is 32.2. The second-order valence-electron chi connectivity index (χ2n) is 7.42. The summed E-state index contributed by atoms with van der Waals surface area (Å²) in [5, 5.41) is 2.66. The third kappa shape index (κ3) is 5.63. The zero-order chi connectivity index (χ0) is 23.5. The van der Waals surface area contributed by atoms with Gasteiger partial charge in [0.15, 0.2) is 5.78 Å². The molecule has 0 aromatic heterocycles. The number of amides is 1. The summed E-state index contributed by atoms with van der Waals surface area (Å²) >= 11 is 1.09. The average Bonchev–Trinajstić information content (AvgIpc) is 2.72. The minimum Gasteiger partial charge on any atom is -0.406 e. The number of thioether (sulfide) groups is 1. The van der Waals surface area contributed by atoms with Crippen LogP contribution >= 0.6 is 11.8 Å². The molecular formula is C21H23F4N3O3S. The Morgan fingerprint density at radius 3 is 2.62 bits per heavy atom. The number of rotatable bonds is 7. The summed E-state index contributed by atoms with van der Waals surface area (Å²) in [5.74, 6) is -1.92. The standard InChI is InChI=1S/C21H23F4N3O3S/c1-2-3-8-27-20(30)14-10-28(17-18(29)15(26)11-32-19(17)16(14)22)9-12-4-6-13(7-5-12)31-21(23,24)25/h4-7,10,15,17H,2-3,8-9,11,26H2,1H3,(H,27,30)/t15-,17?/m0/s1. The molecule has 2 atom stereocenters. The van der Waals surface area contributed by atoms with Crippen LogP contribution in [0.25, 0.3) is 0 Å². The largest absolute Gasteiger partial charge is 0.573 e. The van der Waals surface area contributed by atoms with Gasteiger partial charge in [0.1, 0.15) is 17.6 Å². The molecule has 2 aliphatic heterocycles. The maximum atomic E-state index is 15.2. The highest BCUT2D eigenvalue weighted by Crippen LogP contribution is 2.40. The van der Waals surface area contributed by atoms with Crippen LogP contribution in [-0.4, -0.2) is 47.3 Å². The van der Waals surface area contributed by atoms with Crippen LogP contribution < -0.4 is 15.8 Å². The van der Waals surface area contributed by atoms with Crippen LogP contribution in [0, 0.1) is 0 Å². The molecule has 174 valence electrons. The molecule has 1 fully saturated rings. The number of benzene rings is 1. The van der Waals surface area contributed by atoms with Gasteiger partial charge in [0, 0.05) is 25.0 Å². The summed E-state index contributed by atoms with van der Waals surface area (Å²) in [6, 6.07) is 3.32. The molecule has 1 unspecified atom stereocenters. The summed E-state index contributed by atoms with van der Waals surface area (Å²) in [5.41, 5.74) is 6.22. The fraction of sp³-hybridized carbons (Fsp3) is 0.429. The molecule has 0 bridgehead atoms. The van der Waals surface area contributed by atoms with Crippen molar-refractivity contribution < 1.29 is 31.9 Å². The van der Waals surface area contributed by atoms with Crippen LogP contribution in [0.2, 0.25) is 0 Å². The lowest BCUT2D eigenvalue weighted by Crippen LogP contribution is -2.52. The number of alkyl halides is 3. The Hall–Kier alpha value is -2.53. The molecule has 32 heavy (non-hydrogen) atoms. The second kappa shape index (κ2) is 9.95. The van der Waals surface area contributed by atoms with Crippen LogP contribution in [0.3, 0.4) is 0 Å². The number of carbonyl (C=O) groups excluding carboxylic acids is 2. The van der Waals surface area contributed by atoms with Crippen LogP contribution in [0.1, 0.15) is 25.3 Å². The summed E-state index contributed by atoms with van der Waals surface area (Å²) < 4.78 is 56.2. The van der Waals surface area contributed by atoms with Gasteiger partial charge in [-0.3, -0.25) is 9.59 Å². The number of nitrogens with zero attached hydrogens (tertiary/aromatic N) is 1. The number of hydrogen-bond donors (Lipinski definition) is 2. The lowest BCUT2D eigenvalue weighted by molar-refractivity contribution is -0.274. The van der Waals surface area contributed by atoms with Crippen molar-refractivity contribution in [1.82, 2.24) is 10.2 Å². The van der Waals surface area contributed by atoms with Crippen molar-refractivity contribution in [2.45, 2.75) is 44.8 Å². The zero-order valence-electron chi connectivity index (χ0n) is 17.2. The first kappa shape index (κ1) is 24.1. The molecule has 0 aliphatic carbocycles. The van der Waals surface area contributed by atoms with E-state index in [0.717, 1.165) is 36.7 Å². The molecule has 0 spiro atoms. The Bertz CT molecular complexity index is 931. The molecular weight excluding hydrogens is 450 g/mol. The van der Waals surface area contributed by atoms with E-state index < -0.39 is 30.2 Å². The monoisotopic (exact) mass is 473 g/mol. The van der Waals surface area contributed by atoms with E-state index in [2.05, 4.69) is 10.1 Å². The first-order chi connectivity index (χ1) is 15.1. The number of nitrogens with two attached hydrogens (primary N) is 1. The van der Waals surface area contributed by atoms with Gasteiger partial charge >= 0.3 is 6.36 Å². The van der Waals surface area contributed by atoms with Gasteiger partial charge in [-0.15, -0.1) is 24.9 Å². The highest BCUT2D eigenvalue weighted by molar-refractivity contribution is 8.03. The van der Waals surface area contributed by atoms with Crippen molar-refractivity contribution in [3.63, 3.8) is 0 Å². The van der Waals surface area contributed by atoms with E-state index in [1.165, 1.54) is 23.2 Å². The summed E-state index contributed by atoms with van der Waals surface area (Å²) in [6.07, 6.45) is -1.94. The van der Waals surface area contributed by atoms with Gasteiger partial charge < -0.3 is 20.7 Å². The molecule has 2 heterocycles. The summed E-state index contributed by atoms with van der Waals surface area (Å²) in [7, 11) is 0. The Morgan fingerprint density at radius 1 is 1.31 bits per heavy atom. The van der Waals surface area contributed by atoms with Crippen molar-refractivity contribution in [3.8, 4) is 5.75 Å². The predicted octanol–water partition coefficient (Wildman–Crippen LogP) is 3.39. The summed E-state index contributed by atoms with van der Waals surface area (Å²) in [6.45, 7) is 2.40. The molecule has 0 saturated carbocycles. The molecule has 1 aromatic rings. The fourth-order valence-corrected chi connectivity index (χ4v) is 4.55. The Morgan fingerprint density at radius 2 is 2.00 bits per heavy atom. The number of Topliss-reactive ketones (excluding diaryl/α,β-unsaturated/α-hetero) is 1. The molecule has 2 aliphatic rings. The maximum absolute atomic E-state index is 15.2. The normalized spacial score (nSPS) is 21.2. The number of halogens is 4. The molecule has 3 rings (SSSR count). The fourth-order valence-electron chi connectivity index (χ4n) is 3.38. The Labute approximate surface area is 186 Å². The van der Waals surface area contributed by atoms with Crippen LogP contribution in [0.4, 0.5) is 17.6 Å². The Kier molecular flexibility index (Phi) is 7.50. The van der Waals surface area contributed by atoms with Crippen molar-refractivity contribution in [1.29, 1.82) is 0 Å². The van der Waals surface area contributed by atoms with Crippen molar-refractivity contribution in [2.75, 3.05) is 12.3 Å². The molecule has 11 heteroatoms. The average molecular weight is 473 g/mol. The second-order valence-corrected chi connectivity index (χ2v) is 8.48. The van der Waals surface area contributed by atoms with Crippen LogP contribution in [0.5, 0.6) is 5.75 Å². The van der Waals surface area contributed by atoms with Crippen molar-refractivity contribution in [3.05, 3.63) is 52.3 Å². The lowest BCUT2D eigenvalue weighted by atomic mass is 9.98. The van der Waals surface area contributed by atoms with Gasteiger partial charge in [0.05, 0.1) is 16.5 Å². The van der Waals surface area contributed by atoms with E-state index in [0.29, 0.717) is 12.1 Å². The van der Waals surface area contributed by atoms with E-state index >= 15 is 4.39 Å². The first-order valence-electron chi connectivity index (χ1n) is 10.0. The molecule has 1 aromatic carbocycles. The van der Waals surface area contributed by atoms with E-state index in [-0.39, 0.29) is 34.3 Å². The van der Waals surface area contributed by atoms with E-state index in [1.54, 1.807) is 0 Å². The third-order valence-electron chi connectivity index (χ3n) is 4.96. The maximum Gasteiger partial charge on any atom is 0.573 e. The van der Waals surface area contributed by atoms with Gasteiger partial charge in [-0.2, -0.15) is 0 Å². The molecule has 0 radical (unpaired) electrons. The number of carbonyl (C=O) groups is 2. The summed E-state index contributed by atoms with van der Waals surface area (Å²) in [4.78, 5) is 26.9. The first-order valence-corrected chi connectivity index (χ1v) is 11.0. The topological polar surface area (TPSA) is 84.7 Å².